The normalized spacial score (nSPS) is 12.0. The average Bonchev–Trinajstić information content (AvgIpc) is 2.86. The molecule has 0 bridgehead atoms. The van der Waals surface area contributed by atoms with E-state index in [1.165, 1.54) is 18.3 Å². The lowest BCUT2D eigenvalue weighted by molar-refractivity contribution is -0.601. The van der Waals surface area contributed by atoms with Crippen molar-refractivity contribution in [3.63, 3.8) is 0 Å². The van der Waals surface area contributed by atoms with E-state index in [9.17, 15) is 18.4 Å². The molecule has 0 fully saturated rings. The summed E-state index contributed by atoms with van der Waals surface area (Å²) in [6.07, 6.45) is -1.65. The van der Waals surface area contributed by atoms with Crippen molar-refractivity contribution < 1.29 is 17.9 Å². The molecule has 3 rings (SSSR count). The fourth-order valence-corrected chi connectivity index (χ4v) is 2.69. The number of hydrogen-bond acceptors (Lipinski definition) is 1. The van der Waals surface area contributed by atoms with Crippen molar-refractivity contribution in [1.29, 1.82) is 0 Å². The van der Waals surface area contributed by atoms with E-state index in [1.807, 2.05) is 0 Å². The van der Waals surface area contributed by atoms with Crippen LogP contribution >= 0.6 is 23.2 Å². The molecule has 114 valence electrons. The molecule has 8 heteroatoms. The van der Waals surface area contributed by atoms with E-state index in [0.717, 1.165) is 12.1 Å². The highest BCUT2D eigenvalue weighted by atomic mass is 35.5. The number of benzene rings is 1. The molecule has 3 aromatic rings. The summed E-state index contributed by atoms with van der Waals surface area (Å²) in [4.78, 5) is 0. The molecule has 0 spiro atoms. The van der Waals surface area contributed by atoms with E-state index in [0.29, 0.717) is 21.3 Å². The third-order valence-corrected chi connectivity index (χ3v) is 3.92. The quantitative estimate of drug-likeness (QED) is 0.360. The highest BCUT2D eigenvalue weighted by Crippen LogP contribution is 2.34. The topological polar surface area (TPSA) is 31.9 Å². The lowest BCUT2D eigenvalue weighted by atomic mass is 10.2. The molecule has 22 heavy (non-hydrogen) atoms. The SMILES string of the molecule is [O-][n+]1ccc2c(ccn2-c2ccc(C(F)(F)F)cc2Cl)c1Cl. The summed E-state index contributed by atoms with van der Waals surface area (Å²) < 4.78 is 40.1. The Labute approximate surface area is 132 Å². The Morgan fingerprint density at radius 3 is 2.45 bits per heavy atom. The van der Waals surface area contributed by atoms with Crippen molar-refractivity contribution in [3.8, 4) is 5.69 Å². The molecule has 2 aromatic heterocycles. The number of fused-ring (bicyclic) bond motifs is 1. The minimum absolute atomic E-state index is 0.0146. The predicted octanol–water partition coefficient (Wildman–Crippen LogP) is 4.59. The van der Waals surface area contributed by atoms with Gasteiger partial charge in [0, 0.05) is 12.3 Å². The van der Waals surface area contributed by atoms with Crippen LogP contribution in [0.25, 0.3) is 16.6 Å². The number of alkyl halides is 3. The van der Waals surface area contributed by atoms with E-state index < -0.39 is 11.7 Å². The van der Waals surface area contributed by atoms with Gasteiger partial charge in [0.2, 0.25) is 0 Å². The Morgan fingerprint density at radius 2 is 1.82 bits per heavy atom. The standard InChI is InChI=1S/C14H7Cl2F3N2O/c15-10-7-8(14(17,18)19)1-2-12(10)20-5-3-9-11(20)4-6-21(22)13(9)16/h1-7H. The Kier molecular flexibility index (Phi) is 3.45. The molecule has 2 heterocycles. The predicted molar refractivity (Wildman–Crippen MR) is 77.3 cm³/mol. The maximum absolute atomic E-state index is 12.7. The van der Waals surface area contributed by atoms with Gasteiger partial charge in [-0.25, -0.2) is 0 Å². The molecule has 0 aliphatic heterocycles. The van der Waals surface area contributed by atoms with Crippen LogP contribution in [0.3, 0.4) is 0 Å². The summed E-state index contributed by atoms with van der Waals surface area (Å²) in [6, 6.07) is 6.20. The number of hydrogen-bond donors (Lipinski definition) is 0. The first-order chi connectivity index (χ1) is 10.3. The Bertz CT molecular complexity index is 874. The maximum Gasteiger partial charge on any atom is 0.416 e. The van der Waals surface area contributed by atoms with Gasteiger partial charge in [-0.1, -0.05) is 11.6 Å². The lowest BCUT2D eigenvalue weighted by Crippen LogP contribution is -2.26. The molecule has 0 unspecified atom stereocenters. The second-order valence-electron chi connectivity index (χ2n) is 4.58. The highest BCUT2D eigenvalue weighted by Gasteiger charge is 2.31. The highest BCUT2D eigenvalue weighted by molar-refractivity contribution is 6.33. The molecule has 0 saturated heterocycles. The van der Waals surface area contributed by atoms with Gasteiger partial charge in [0.25, 0.3) is 5.15 Å². The molecule has 0 radical (unpaired) electrons. The van der Waals surface area contributed by atoms with Gasteiger partial charge in [0.15, 0.2) is 6.20 Å². The van der Waals surface area contributed by atoms with Gasteiger partial charge in [0.05, 0.1) is 27.2 Å². The van der Waals surface area contributed by atoms with E-state index in [2.05, 4.69) is 0 Å². The number of halogens is 5. The van der Waals surface area contributed by atoms with Crippen LogP contribution in [0.5, 0.6) is 0 Å². The average molecular weight is 347 g/mol. The summed E-state index contributed by atoms with van der Waals surface area (Å²) in [6.45, 7) is 0. The van der Waals surface area contributed by atoms with Crippen molar-refractivity contribution >= 4 is 34.1 Å². The first-order valence-corrected chi connectivity index (χ1v) is 6.80. The minimum Gasteiger partial charge on any atom is -0.618 e. The Balaban J connectivity index is 2.18. The third kappa shape index (κ3) is 2.38. The summed E-state index contributed by atoms with van der Waals surface area (Å²) in [7, 11) is 0. The molecule has 0 saturated carbocycles. The van der Waals surface area contributed by atoms with Gasteiger partial charge in [-0.05, 0) is 35.9 Å². The second kappa shape index (κ2) is 5.07. The summed E-state index contributed by atoms with van der Waals surface area (Å²) >= 11 is 11.9. The van der Waals surface area contributed by atoms with Crippen LogP contribution in [0.2, 0.25) is 10.2 Å². The monoisotopic (exact) mass is 346 g/mol. The van der Waals surface area contributed by atoms with Crippen LogP contribution in [0.4, 0.5) is 13.2 Å². The molecule has 1 aromatic carbocycles. The fourth-order valence-electron chi connectivity index (χ4n) is 2.20. The van der Waals surface area contributed by atoms with Crippen LogP contribution in [0.1, 0.15) is 5.56 Å². The molecule has 0 N–H and O–H groups in total. The van der Waals surface area contributed by atoms with Gasteiger partial charge < -0.3 is 9.77 Å². The number of rotatable bonds is 1. The number of nitrogens with zero attached hydrogens (tertiary/aromatic N) is 2. The number of aromatic nitrogens is 2. The van der Waals surface area contributed by atoms with Crippen LogP contribution in [-0.2, 0) is 6.18 Å². The molecule has 0 aliphatic rings. The van der Waals surface area contributed by atoms with Crippen molar-refractivity contribution in [1.82, 2.24) is 4.57 Å². The Morgan fingerprint density at radius 1 is 1.09 bits per heavy atom. The van der Waals surface area contributed by atoms with Gasteiger partial charge in [-0.15, -0.1) is 0 Å². The molecule has 0 amide bonds. The van der Waals surface area contributed by atoms with Crippen molar-refractivity contribution in [2.45, 2.75) is 6.18 Å². The van der Waals surface area contributed by atoms with Crippen molar-refractivity contribution in [2.24, 2.45) is 0 Å². The summed E-state index contributed by atoms with van der Waals surface area (Å²) in [5.74, 6) is 0. The minimum atomic E-state index is -4.46. The summed E-state index contributed by atoms with van der Waals surface area (Å²) in [5, 5.41) is 11.8. The maximum atomic E-state index is 12.7. The fraction of sp³-hybridized carbons (Fsp3) is 0.0714. The molecule has 0 atom stereocenters. The van der Waals surface area contributed by atoms with E-state index in [4.69, 9.17) is 23.2 Å². The van der Waals surface area contributed by atoms with E-state index in [1.54, 1.807) is 16.8 Å². The van der Waals surface area contributed by atoms with E-state index >= 15 is 0 Å². The zero-order valence-corrected chi connectivity index (χ0v) is 12.2. The second-order valence-corrected chi connectivity index (χ2v) is 5.35. The van der Waals surface area contributed by atoms with Gasteiger partial charge in [-0.2, -0.15) is 17.9 Å². The lowest BCUT2D eigenvalue weighted by Gasteiger charge is -2.11. The zero-order valence-electron chi connectivity index (χ0n) is 10.7. The molecule has 3 nitrogen and oxygen atoms in total. The molecule has 0 aliphatic carbocycles. The van der Waals surface area contributed by atoms with Gasteiger partial charge >= 0.3 is 6.18 Å². The third-order valence-electron chi connectivity index (χ3n) is 3.24. The van der Waals surface area contributed by atoms with Gasteiger partial charge in [-0.3, -0.25) is 0 Å². The van der Waals surface area contributed by atoms with Crippen LogP contribution in [0.15, 0.2) is 42.7 Å². The first kappa shape index (κ1) is 15.0. The smallest absolute Gasteiger partial charge is 0.416 e. The van der Waals surface area contributed by atoms with Crippen LogP contribution < -0.4 is 4.73 Å². The first-order valence-electron chi connectivity index (χ1n) is 6.05. The summed E-state index contributed by atoms with van der Waals surface area (Å²) in [5.41, 5.74) is 0.108. The Hall–Kier alpha value is -1.92. The molecular formula is C14H7Cl2F3N2O. The van der Waals surface area contributed by atoms with E-state index in [-0.39, 0.29) is 10.2 Å². The molecular weight excluding hydrogens is 340 g/mol. The van der Waals surface area contributed by atoms with Crippen molar-refractivity contribution in [3.05, 3.63) is 63.7 Å². The van der Waals surface area contributed by atoms with Crippen LogP contribution in [-0.4, -0.2) is 4.57 Å². The van der Waals surface area contributed by atoms with Crippen molar-refractivity contribution in [2.75, 3.05) is 0 Å². The number of pyridine rings is 1. The van der Waals surface area contributed by atoms with Gasteiger partial charge in [0.1, 0.15) is 0 Å². The zero-order chi connectivity index (χ0) is 16.1. The largest absolute Gasteiger partial charge is 0.618 e. The van der Waals surface area contributed by atoms with Crippen LogP contribution in [0, 0.1) is 5.21 Å².